The molecule has 0 aliphatic rings. The lowest BCUT2D eigenvalue weighted by atomic mass is 10.2. The third-order valence-electron chi connectivity index (χ3n) is 1.91. The van der Waals surface area contributed by atoms with Crippen molar-refractivity contribution in [1.29, 1.82) is 5.26 Å². The molecule has 0 unspecified atom stereocenters. The number of nitriles is 1. The highest BCUT2D eigenvalue weighted by atomic mass is 19.1. The lowest BCUT2D eigenvalue weighted by Crippen LogP contribution is -2.00. The molecule has 0 radical (unpaired) electrons. The largest absolute Gasteiger partial charge is 0.301 e. The number of imidazole rings is 1. The van der Waals surface area contributed by atoms with E-state index in [0.717, 1.165) is 12.1 Å². The van der Waals surface area contributed by atoms with E-state index in [1.165, 1.54) is 23.3 Å². The van der Waals surface area contributed by atoms with Crippen LogP contribution in [0.4, 0.5) is 8.78 Å². The minimum Gasteiger partial charge on any atom is -0.301 e. The topological polar surface area (TPSA) is 41.6 Å². The van der Waals surface area contributed by atoms with Crippen molar-refractivity contribution in [3.8, 4) is 11.8 Å². The summed E-state index contributed by atoms with van der Waals surface area (Å²) in [5, 5.41) is 8.51. The van der Waals surface area contributed by atoms with Crippen molar-refractivity contribution in [3.05, 3.63) is 48.1 Å². The molecule has 0 saturated carbocycles. The van der Waals surface area contributed by atoms with Crippen LogP contribution >= 0.6 is 0 Å². The van der Waals surface area contributed by atoms with Crippen LogP contribution in [0.25, 0.3) is 5.69 Å². The van der Waals surface area contributed by atoms with Gasteiger partial charge in [-0.3, -0.25) is 0 Å². The van der Waals surface area contributed by atoms with E-state index in [0.29, 0.717) is 0 Å². The molecule has 0 aliphatic carbocycles. The molecule has 74 valence electrons. The Bertz CT molecular complexity index is 503. The highest BCUT2D eigenvalue weighted by Gasteiger charge is 2.12. The van der Waals surface area contributed by atoms with Gasteiger partial charge in [0.05, 0.1) is 18.0 Å². The minimum atomic E-state index is -0.787. The summed E-state index contributed by atoms with van der Waals surface area (Å²) < 4.78 is 28.1. The number of aromatic nitrogens is 2. The fourth-order valence-electron chi connectivity index (χ4n) is 1.27. The standard InChI is InChI=1S/C10H5F2N3/c11-8-3-7(5-13)4-9(12)10(8)15-2-1-14-6-15/h1-4,6H. The molecule has 1 heterocycles. The Kier molecular flexibility index (Phi) is 2.18. The summed E-state index contributed by atoms with van der Waals surface area (Å²) in [4.78, 5) is 3.69. The zero-order valence-corrected chi connectivity index (χ0v) is 7.48. The summed E-state index contributed by atoms with van der Waals surface area (Å²) >= 11 is 0. The van der Waals surface area contributed by atoms with Crippen molar-refractivity contribution in [2.45, 2.75) is 0 Å². The zero-order valence-electron chi connectivity index (χ0n) is 7.48. The van der Waals surface area contributed by atoms with Crippen molar-refractivity contribution < 1.29 is 8.78 Å². The molecular weight excluding hydrogens is 200 g/mol. The summed E-state index contributed by atoms with van der Waals surface area (Å²) in [5.74, 6) is -1.57. The lowest BCUT2D eigenvalue weighted by Gasteiger charge is -2.05. The molecule has 0 amide bonds. The van der Waals surface area contributed by atoms with Crippen LogP contribution in [-0.4, -0.2) is 9.55 Å². The van der Waals surface area contributed by atoms with E-state index in [2.05, 4.69) is 4.98 Å². The molecule has 0 atom stereocenters. The molecule has 3 nitrogen and oxygen atoms in total. The fraction of sp³-hybridized carbons (Fsp3) is 0. The van der Waals surface area contributed by atoms with Crippen LogP contribution in [0.15, 0.2) is 30.9 Å². The van der Waals surface area contributed by atoms with Gasteiger partial charge in [-0.05, 0) is 12.1 Å². The monoisotopic (exact) mass is 205 g/mol. The second kappa shape index (κ2) is 3.50. The normalized spacial score (nSPS) is 9.93. The number of hydrogen-bond donors (Lipinski definition) is 0. The quantitative estimate of drug-likeness (QED) is 0.714. The van der Waals surface area contributed by atoms with Crippen molar-refractivity contribution in [3.63, 3.8) is 0 Å². The van der Waals surface area contributed by atoms with E-state index in [1.807, 2.05) is 0 Å². The Morgan fingerprint density at radius 1 is 1.27 bits per heavy atom. The summed E-state index contributed by atoms with van der Waals surface area (Å²) in [6.07, 6.45) is 4.12. The third-order valence-corrected chi connectivity index (χ3v) is 1.91. The molecular formula is C10H5F2N3. The summed E-state index contributed by atoms with van der Waals surface area (Å²) in [6, 6.07) is 3.65. The molecule has 2 aromatic rings. The lowest BCUT2D eigenvalue weighted by molar-refractivity contribution is 0.568. The van der Waals surface area contributed by atoms with E-state index >= 15 is 0 Å². The molecule has 0 N–H and O–H groups in total. The molecule has 0 fully saturated rings. The fourth-order valence-corrected chi connectivity index (χ4v) is 1.27. The maximum absolute atomic E-state index is 13.4. The first-order valence-electron chi connectivity index (χ1n) is 4.10. The highest BCUT2D eigenvalue weighted by molar-refractivity contribution is 5.42. The maximum atomic E-state index is 13.4. The van der Waals surface area contributed by atoms with Crippen molar-refractivity contribution in [2.75, 3.05) is 0 Å². The van der Waals surface area contributed by atoms with E-state index in [4.69, 9.17) is 5.26 Å². The first-order valence-corrected chi connectivity index (χ1v) is 4.10. The molecule has 1 aromatic carbocycles. The van der Waals surface area contributed by atoms with Crippen molar-refractivity contribution >= 4 is 0 Å². The van der Waals surface area contributed by atoms with E-state index in [9.17, 15) is 8.78 Å². The predicted molar refractivity (Wildman–Crippen MR) is 48.2 cm³/mol. The van der Waals surface area contributed by atoms with Crippen LogP contribution in [0.5, 0.6) is 0 Å². The van der Waals surface area contributed by atoms with E-state index in [1.54, 1.807) is 6.07 Å². The zero-order chi connectivity index (χ0) is 10.8. The Balaban J connectivity index is 2.64. The van der Waals surface area contributed by atoms with Gasteiger partial charge in [0.15, 0.2) is 11.6 Å². The Morgan fingerprint density at radius 3 is 2.40 bits per heavy atom. The van der Waals surface area contributed by atoms with Gasteiger partial charge >= 0.3 is 0 Å². The van der Waals surface area contributed by atoms with Crippen LogP contribution in [0.1, 0.15) is 5.56 Å². The van der Waals surface area contributed by atoms with Gasteiger partial charge in [0.25, 0.3) is 0 Å². The van der Waals surface area contributed by atoms with Gasteiger partial charge in [-0.1, -0.05) is 0 Å². The van der Waals surface area contributed by atoms with E-state index < -0.39 is 11.6 Å². The third kappa shape index (κ3) is 1.57. The smallest absolute Gasteiger partial charge is 0.151 e. The van der Waals surface area contributed by atoms with Gasteiger partial charge in [-0.2, -0.15) is 5.26 Å². The number of hydrogen-bond acceptors (Lipinski definition) is 2. The van der Waals surface area contributed by atoms with Crippen molar-refractivity contribution in [1.82, 2.24) is 9.55 Å². The first-order chi connectivity index (χ1) is 7.22. The number of benzene rings is 1. The molecule has 2 rings (SSSR count). The molecule has 0 saturated heterocycles. The van der Waals surface area contributed by atoms with Crippen LogP contribution in [0.3, 0.4) is 0 Å². The molecule has 15 heavy (non-hydrogen) atoms. The van der Waals surface area contributed by atoms with Gasteiger partial charge in [0, 0.05) is 12.4 Å². The summed E-state index contributed by atoms with van der Waals surface area (Å²) in [6.45, 7) is 0. The van der Waals surface area contributed by atoms with Crippen LogP contribution < -0.4 is 0 Å². The van der Waals surface area contributed by atoms with Gasteiger partial charge in [0.2, 0.25) is 0 Å². The highest BCUT2D eigenvalue weighted by Crippen LogP contribution is 2.18. The maximum Gasteiger partial charge on any atom is 0.151 e. The van der Waals surface area contributed by atoms with Crippen LogP contribution in [-0.2, 0) is 0 Å². The Hall–Kier alpha value is -2.22. The Morgan fingerprint density at radius 2 is 1.93 bits per heavy atom. The molecule has 1 aromatic heterocycles. The second-order valence-electron chi connectivity index (χ2n) is 2.87. The van der Waals surface area contributed by atoms with Crippen molar-refractivity contribution in [2.24, 2.45) is 0 Å². The second-order valence-corrected chi connectivity index (χ2v) is 2.87. The summed E-state index contributed by atoms with van der Waals surface area (Å²) in [7, 11) is 0. The SMILES string of the molecule is N#Cc1cc(F)c(-n2ccnc2)c(F)c1. The Labute approximate surface area is 84.2 Å². The average Bonchev–Trinajstić information content (AvgIpc) is 2.69. The minimum absolute atomic E-state index is 0.0473. The molecule has 0 spiro atoms. The van der Waals surface area contributed by atoms with E-state index in [-0.39, 0.29) is 11.3 Å². The van der Waals surface area contributed by atoms with Gasteiger partial charge in [-0.15, -0.1) is 0 Å². The molecule has 5 heteroatoms. The van der Waals surface area contributed by atoms with Gasteiger partial charge in [-0.25, -0.2) is 13.8 Å². The first kappa shape index (κ1) is 9.34. The molecule has 0 bridgehead atoms. The van der Waals surface area contributed by atoms with Crippen LogP contribution in [0.2, 0.25) is 0 Å². The van der Waals surface area contributed by atoms with Gasteiger partial charge in [0.1, 0.15) is 5.69 Å². The summed E-state index contributed by atoms with van der Waals surface area (Å²) in [5.41, 5.74) is -0.277. The average molecular weight is 205 g/mol. The van der Waals surface area contributed by atoms with Gasteiger partial charge < -0.3 is 4.57 Å². The number of halogens is 2. The number of nitrogens with zero attached hydrogens (tertiary/aromatic N) is 3. The van der Waals surface area contributed by atoms with Crippen LogP contribution in [0, 0.1) is 23.0 Å². The number of rotatable bonds is 1. The molecule has 0 aliphatic heterocycles. The predicted octanol–water partition coefficient (Wildman–Crippen LogP) is 2.02.